The zero-order valence-corrected chi connectivity index (χ0v) is 10.2. The summed E-state index contributed by atoms with van der Waals surface area (Å²) in [4.78, 5) is 25.5. The Balaban J connectivity index is 3.21. The number of ether oxygens (including phenoxy) is 1. The lowest BCUT2D eigenvalue weighted by atomic mass is 9.99. The molecule has 1 atom stereocenters. The van der Waals surface area contributed by atoms with Gasteiger partial charge in [-0.1, -0.05) is 0 Å². The summed E-state index contributed by atoms with van der Waals surface area (Å²) in [5.41, 5.74) is 13.4. The maximum absolute atomic E-state index is 11.6. The number of nitrogens with two attached hydrogens (primary N) is 2. The van der Waals surface area contributed by atoms with Crippen LogP contribution in [0.2, 0.25) is 0 Å². The Kier molecular flexibility index (Phi) is 3.90. The molecule has 0 saturated heterocycles. The molecular formula is C11H17N3O3. The first-order valence-corrected chi connectivity index (χ1v) is 5.19. The van der Waals surface area contributed by atoms with Crippen LogP contribution in [0.4, 0.5) is 0 Å². The molecule has 0 radical (unpaired) electrons. The number of methoxy groups -OCH3 is 1. The Morgan fingerprint density at radius 2 is 1.94 bits per heavy atom. The number of hydrogen-bond donors (Lipinski definition) is 3. The summed E-state index contributed by atoms with van der Waals surface area (Å²) in [6.07, 6.45) is -0.0118. The maximum Gasteiger partial charge on any atom is 0.340 e. The van der Waals surface area contributed by atoms with E-state index in [1.54, 1.807) is 13.8 Å². The van der Waals surface area contributed by atoms with Gasteiger partial charge in [-0.05, 0) is 13.8 Å². The van der Waals surface area contributed by atoms with Crippen LogP contribution >= 0.6 is 0 Å². The van der Waals surface area contributed by atoms with Crippen molar-refractivity contribution in [2.24, 2.45) is 11.5 Å². The van der Waals surface area contributed by atoms with Gasteiger partial charge in [0.05, 0.1) is 12.7 Å². The van der Waals surface area contributed by atoms with Crippen LogP contribution in [0.1, 0.15) is 39.8 Å². The number of esters is 1. The van der Waals surface area contributed by atoms with Gasteiger partial charge < -0.3 is 21.2 Å². The van der Waals surface area contributed by atoms with Crippen molar-refractivity contribution in [2.45, 2.75) is 26.3 Å². The van der Waals surface area contributed by atoms with Gasteiger partial charge in [-0.15, -0.1) is 0 Å². The zero-order chi connectivity index (χ0) is 13.2. The molecule has 94 valence electrons. The summed E-state index contributed by atoms with van der Waals surface area (Å²) < 4.78 is 4.70. The van der Waals surface area contributed by atoms with Crippen molar-refractivity contribution in [1.82, 2.24) is 4.98 Å². The molecule has 0 aromatic carbocycles. The molecule has 0 spiro atoms. The third-order valence-electron chi connectivity index (χ3n) is 2.60. The Labute approximate surface area is 99.3 Å². The van der Waals surface area contributed by atoms with Crippen molar-refractivity contribution in [2.75, 3.05) is 7.11 Å². The van der Waals surface area contributed by atoms with E-state index in [9.17, 15) is 9.59 Å². The Morgan fingerprint density at radius 3 is 2.41 bits per heavy atom. The molecule has 1 unspecified atom stereocenters. The molecule has 0 saturated carbocycles. The second kappa shape index (κ2) is 5.01. The van der Waals surface area contributed by atoms with Gasteiger partial charge in [0.15, 0.2) is 0 Å². The van der Waals surface area contributed by atoms with E-state index in [2.05, 4.69) is 4.98 Å². The first-order chi connectivity index (χ1) is 7.88. The molecule has 17 heavy (non-hydrogen) atoms. The number of rotatable bonds is 4. The minimum Gasteiger partial charge on any atom is -0.465 e. The van der Waals surface area contributed by atoms with E-state index in [0.717, 1.165) is 5.69 Å². The second-order valence-electron chi connectivity index (χ2n) is 3.93. The molecule has 0 aliphatic heterocycles. The van der Waals surface area contributed by atoms with Crippen molar-refractivity contribution in [3.05, 3.63) is 22.5 Å². The summed E-state index contributed by atoms with van der Waals surface area (Å²) >= 11 is 0. The molecule has 1 amide bonds. The number of primary amides is 1. The second-order valence-corrected chi connectivity index (χ2v) is 3.93. The number of carbonyl (C=O) groups is 2. The number of nitrogens with one attached hydrogen (secondary N) is 1. The number of aromatic nitrogens is 1. The SMILES string of the molecule is COC(=O)c1c(C)[nH]c(C)c1C(N)CC(N)=O. The van der Waals surface area contributed by atoms with Gasteiger partial charge in [0.25, 0.3) is 0 Å². The van der Waals surface area contributed by atoms with Crippen molar-refractivity contribution in [3.63, 3.8) is 0 Å². The summed E-state index contributed by atoms with van der Waals surface area (Å²) in [6, 6.07) is -0.605. The molecule has 1 heterocycles. The van der Waals surface area contributed by atoms with Gasteiger partial charge in [-0.25, -0.2) is 4.79 Å². The van der Waals surface area contributed by atoms with Gasteiger partial charge in [0, 0.05) is 29.4 Å². The van der Waals surface area contributed by atoms with Crippen molar-refractivity contribution in [3.8, 4) is 0 Å². The molecule has 0 aliphatic rings. The Morgan fingerprint density at radius 1 is 1.35 bits per heavy atom. The van der Waals surface area contributed by atoms with E-state index in [0.29, 0.717) is 16.8 Å². The molecule has 5 N–H and O–H groups in total. The number of H-pyrrole nitrogens is 1. The highest BCUT2D eigenvalue weighted by atomic mass is 16.5. The summed E-state index contributed by atoms with van der Waals surface area (Å²) in [5.74, 6) is -0.978. The van der Waals surface area contributed by atoms with E-state index in [4.69, 9.17) is 16.2 Å². The average Bonchev–Trinajstić information content (AvgIpc) is 2.51. The topological polar surface area (TPSA) is 111 Å². The third-order valence-corrected chi connectivity index (χ3v) is 2.60. The zero-order valence-electron chi connectivity index (χ0n) is 10.2. The van der Waals surface area contributed by atoms with Crippen LogP contribution < -0.4 is 11.5 Å². The van der Waals surface area contributed by atoms with Crippen LogP contribution in [0, 0.1) is 13.8 Å². The quantitative estimate of drug-likeness (QED) is 0.656. The van der Waals surface area contributed by atoms with Crippen LogP contribution in [0.3, 0.4) is 0 Å². The van der Waals surface area contributed by atoms with Crippen LogP contribution in [0.15, 0.2) is 0 Å². The number of aromatic amines is 1. The number of carbonyl (C=O) groups excluding carboxylic acids is 2. The molecule has 1 aromatic heterocycles. The van der Waals surface area contributed by atoms with E-state index in [-0.39, 0.29) is 6.42 Å². The predicted molar refractivity (Wildman–Crippen MR) is 62.3 cm³/mol. The molecule has 1 aromatic rings. The normalized spacial score (nSPS) is 12.2. The lowest BCUT2D eigenvalue weighted by Crippen LogP contribution is -2.22. The monoisotopic (exact) mass is 239 g/mol. The molecule has 0 fully saturated rings. The van der Waals surface area contributed by atoms with Gasteiger partial charge in [0.2, 0.25) is 5.91 Å². The highest BCUT2D eigenvalue weighted by molar-refractivity contribution is 5.93. The molecule has 6 heteroatoms. The van der Waals surface area contributed by atoms with Crippen LogP contribution in [-0.4, -0.2) is 24.0 Å². The van der Waals surface area contributed by atoms with E-state index < -0.39 is 17.9 Å². The molecule has 0 aliphatic carbocycles. The largest absolute Gasteiger partial charge is 0.465 e. The van der Waals surface area contributed by atoms with Crippen molar-refractivity contribution in [1.29, 1.82) is 0 Å². The smallest absolute Gasteiger partial charge is 0.340 e. The highest BCUT2D eigenvalue weighted by Crippen LogP contribution is 2.26. The summed E-state index contributed by atoms with van der Waals surface area (Å²) in [6.45, 7) is 3.54. The fourth-order valence-electron chi connectivity index (χ4n) is 1.95. The number of amides is 1. The van der Waals surface area contributed by atoms with Crippen LogP contribution in [-0.2, 0) is 9.53 Å². The standard InChI is InChI=1S/C11H17N3O3/c1-5-9(7(12)4-8(13)15)10(6(2)14-5)11(16)17-3/h7,14H,4,12H2,1-3H3,(H2,13,15). The Bertz CT molecular complexity index is 451. The van der Waals surface area contributed by atoms with Gasteiger partial charge in [0.1, 0.15) is 0 Å². The summed E-state index contributed by atoms with van der Waals surface area (Å²) in [5, 5.41) is 0. The number of hydrogen-bond acceptors (Lipinski definition) is 4. The minimum absolute atomic E-state index is 0.0118. The third kappa shape index (κ3) is 2.65. The molecule has 0 bridgehead atoms. The minimum atomic E-state index is -0.605. The first kappa shape index (κ1) is 13.2. The lowest BCUT2D eigenvalue weighted by Gasteiger charge is -2.11. The number of aryl methyl sites for hydroxylation is 2. The molecular weight excluding hydrogens is 222 g/mol. The maximum atomic E-state index is 11.6. The predicted octanol–water partition coefficient (Wildman–Crippen LogP) is 0.293. The van der Waals surface area contributed by atoms with Gasteiger partial charge >= 0.3 is 5.97 Å². The Hall–Kier alpha value is -1.82. The van der Waals surface area contributed by atoms with Crippen LogP contribution in [0.5, 0.6) is 0 Å². The van der Waals surface area contributed by atoms with E-state index in [1.807, 2.05) is 0 Å². The fraction of sp³-hybridized carbons (Fsp3) is 0.455. The van der Waals surface area contributed by atoms with Gasteiger partial charge in [-0.3, -0.25) is 4.79 Å². The first-order valence-electron chi connectivity index (χ1n) is 5.19. The van der Waals surface area contributed by atoms with Gasteiger partial charge in [-0.2, -0.15) is 0 Å². The average molecular weight is 239 g/mol. The lowest BCUT2D eigenvalue weighted by molar-refractivity contribution is -0.118. The molecule has 1 rings (SSSR count). The fourth-order valence-corrected chi connectivity index (χ4v) is 1.95. The van der Waals surface area contributed by atoms with E-state index >= 15 is 0 Å². The van der Waals surface area contributed by atoms with Crippen LogP contribution in [0.25, 0.3) is 0 Å². The van der Waals surface area contributed by atoms with E-state index in [1.165, 1.54) is 7.11 Å². The van der Waals surface area contributed by atoms with Crippen molar-refractivity contribution >= 4 is 11.9 Å². The van der Waals surface area contributed by atoms with Crippen molar-refractivity contribution < 1.29 is 14.3 Å². The summed E-state index contributed by atoms with van der Waals surface area (Å²) in [7, 11) is 1.30. The molecule has 6 nitrogen and oxygen atoms in total. The highest BCUT2D eigenvalue weighted by Gasteiger charge is 2.24.